The second kappa shape index (κ2) is 6.73. The van der Waals surface area contributed by atoms with Gasteiger partial charge in [-0.3, -0.25) is 14.5 Å². The third-order valence-corrected chi connectivity index (χ3v) is 5.21. The minimum Gasteiger partial charge on any atom is -0.355 e. The summed E-state index contributed by atoms with van der Waals surface area (Å²) in [5.74, 6) is -0.0513. The van der Waals surface area contributed by atoms with Crippen LogP contribution in [0, 0.1) is 18.3 Å². The first-order chi connectivity index (χ1) is 13.5. The van der Waals surface area contributed by atoms with Crippen LogP contribution in [-0.4, -0.2) is 34.5 Å². The standard InChI is InChI=1S/C19H15BrN6O2/c1-10-6-11(9-21)7-12(18(27)22-2)16(10)25-13-4-3-5-23-17(13)26-14(19(25)28)8-15(20)24-26/h3-7,14H,8H2,1-2H3,(H,22,27). The maximum atomic E-state index is 13.5. The highest BCUT2D eigenvalue weighted by Gasteiger charge is 2.44. The van der Waals surface area contributed by atoms with Gasteiger partial charge in [-0.05, 0) is 52.7 Å². The van der Waals surface area contributed by atoms with Crippen molar-refractivity contribution in [1.29, 1.82) is 5.26 Å². The van der Waals surface area contributed by atoms with E-state index in [1.807, 2.05) is 0 Å². The molecule has 1 N–H and O–H groups in total. The van der Waals surface area contributed by atoms with Crippen molar-refractivity contribution in [2.24, 2.45) is 5.10 Å². The van der Waals surface area contributed by atoms with E-state index in [1.165, 1.54) is 18.0 Å². The van der Waals surface area contributed by atoms with Crippen molar-refractivity contribution in [2.45, 2.75) is 19.4 Å². The van der Waals surface area contributed by atoms with Crippen LogP contribution in [0.3, 0.4) is 0 Å². The van der Waals surface area contributed by atoms with E-state index in [0.717, 1.165) is 0 Å². The van der Waals surface area contributed by atoms with Crippen molar-refractivity contribution in [2.75, 3.05) is 17.0 Å². The number of nitriles is 1. The molecule has 8 nitrogen and oxygen atoms in total. The number of pyridine rings is 1. The summed E-state index contributed by atoms with van der Waals surface area (Å²) in [7, 11) is 1.51. The molecule has 0 spiro atoms. The van der Waals surface area contributed by atoms with Gasteiger partial charge in [0.1, 0.15) is 10.7 Å². The molecular weight excluding hydrogens is 424 g/mol. The Balaban J connectivity index is 1.98. The Bertz CT molecular complexity index is 1090. The predicted octanol–water partition coefficient (Wildman–Crippen LogP) is 2.59. The summed E-state index contributed by atoms with van der Waals surface area (Å²) in [5, 5.41) is 17.9. The number of nitrogens with one attached hydrogen (secondary N) is 1. The molecule has 4 rings (SSSR count). The molecule has 1 aromatic carbocycles. The number of amides is 2. The molecule has 2 aliphatic rings. The Kier molecular flexibility index (Phi) is 4.35. The van der Waals surface area contributed by atoms with Crippen LogP contribution in [0.2, 0.25) is 0 Å². The van der Waals surface area contributed by atoms with Crippen molar-refractivity contribution >= 4 is 49.6 Å². The van der Waals surface area contributed by atoms with E-state index in [2.05, 4.69) is 37.4 Å². The number of nitrogens with zero attached hydrogens (tertiary/aromatic N) is 5. The number of hydrazone groups is 1. The van der Waals surface area contributed by atoms with Crippen LogP contribution in [0.4, 0.5) is 17.2 Å². The minimum atomic E-state index is -0.552. The van der Waals surface area contributed by atoms with E-state index >= 15 is 0 Å². The maximum Gasteiger partial charge on any atom is 0.257 e. The van der Waals surface area contributed by atoms with Gasteiger partial charge >= 0.3 is 0 Å². The van der Waals surface area contributed by atoms with Crippen molar-refractivity contribution in [3.05, 3.63) is 47.2 Å². The van der Waals surface area contributed by atoms with E-state index in [1.54, 1.807) is 36.3 Å². The van der Waals surface area contributed by atoms with Gasteiger partial charge in [-0.15, -0.1) is 0 Å². The van der Waals surface area contributed by atoms with Crippen LogP contribution < -0.4 is 15.2 Å². The molecule has 0 saturated carbocycles. The summed E-state index contributed by atoms with van der Waals surface area (Å²) in [4.78, 5) is 32.0. The van der Waals surface area contributed by atoms with Crippen molar-refractivity contribution in [1.82, 2.24) is 10.3 Å². The SMILES string of the molecule is CNC(=O)c1cc(C#N)cc(C)c1N1C(=O)C2CC(Br)=NN2c2ncccc21. The summed E-state index contributed by atoms with van der Waals surface area (Å²) in [6.07, 6.45) is 2.05. The Labute approximate surface area is 169 Å². The zero-order valence-electron chi connectivity index (χ0n) is 15.1. The topological polar surface area (TPSA) is 102 Å². The fourth-order valence-electron chi connectivity index (χ4n) is 3.55. The van der Waals surface area contributed by atoms with Gasteiger partial charge < -0.3 is 5.32 Å². The number of halogens is 1. The Hall–Kier alpha value is -3.25. The van der Waals surface area contributed by atoms with Crippen LogP contribution >= 0.6 is 15.9 Å². The first-order valence-electron chi connectivity index (χ1n) is 8.54. The molecule has 1 unspecified atom stereocenters. The highest BCUT2D eigenvalue weighted by Crippen LogP contribution is 2.44. The largest absolute Gasteiger partial charge is 0.355 e. The average Bonchev–Trinajstić information content (AvgIpc) is 3.10. The second-order valence-corrected chi connectivity index (χ2v) is 7.36. The lowest BCUT2D eigenvalue weighted by molar-refractivity contribution is -0.119. The zero-order valence-corrected chi connectivity index (χ0v) is 16.7. The van der Waals surface area contributed by atoms with Crippen LogP contribution in [0.15, 0.2) is 35.6 Å². The Morgan fingerprint density at radius 1 is 1.43 bits per heavy atom. The third-order valence-electron chi connectivity index (χ3n) is 4.73. The fraction of sp³-hybridized carbons (Fsp3) is 0.211. The molecule has 28 heavy (non-hydrogen) atoms. The molecule has 2 aromatic rings. The second-order valence-electron chi connectivity index (χ2n) is 6.44. The van der Waals surface area contributed by atoms with Gasteiger partial charge in [0.15, 0.2) is 5.82 Å². The number of aromatic nitrogens is 1. The van der Waals surface area contributed by atoms with Gasteiger partial charge in [0.25, 0.3) is 11.8 Å². The molecule has 3 heterocycles. The molecule has 0 radical (unpaired) electrons. The summed E-state index contributed by atoms with van der Waals surface area (Å²) in [6.45, 7) is 1.78. The molecule has 0 fully saturated rings. The summed E-state index contributed by atoms with van der Waals surface area (Å²) < 4.78 is 0.660. The Morgan fingerprint density at radius 2 is 2.21 bits per heavy atom. The summed E-state index contributed by atoms with van der Waals surface area (Å²) in [5.41, 5.74) is 2.23. The predicted molar refractivity (Wildman–Crippen MR) is 108 cm³/mol. The van der Waals surface area contributed by atoms with E-state index in [4.69, 9.17) is 0 Å². The number of carbonyl (C=O) groups excluding carboxylic acids is 2. The van der Waals surface area contributed by atoms with E-state index in [9.17, 15) is 14.9 Å². The fourth-order valence-corrected chi connectivity index (χ4v) is 4.02. The van der Waals surface area contributed by atoms with Crippen molar-refractivity contribution < 1.29 is 9.59 Å². The molecule has 9 heteroatoms. The normalized spacial score (nSPS) is 17.6. The third kappa shape index (κ3) is 2.65. The lowest BCUT2D eigenvalue weighted by atomic mass is 9.99. The van der Waals surface area contributed by atoms with Crippen LogP contribution in [-0.2, 0) is 4.79 Å². The number of anilines is 3. The maximum absolute atomic E-state index is 13.5. The number of hydrogen-bond acceptors (Lipinski definition) is 6. The van der Waals surface area contributed by atoms with Crippen molar-refractivity contribution in [3.8, 4) is 6.07 Å². The van der Waals surface area contributed by atoms with Gasteiger partial charge in [-0.1, -0.05) is 0 Å². The summed E-state index contributed by atoms with van der Waals surface area (Å²) >= 11 is 3.38. The lowest BCUT2D eigenvalue weighted by Crippen LogP contribution is -2.48. The molecule has 140 valence electrons. The quantitative estimate of drug-likeness (QED) is 0.775. The molecular formula is C19H15BrN6O2. The van der Waals surface area contributed by atoms with Gasteiger partial charge in [-0.2, -0.15) is 10.4 Å². The number of benzene rings is 1. The van der Waals surface area contributed by atoms with Crippen LogP contribution in [0.5, 0.6) is 0 Å². The van der Waals surface area contributed by atoms with Crippen LogP contribution in [0.1, 0.15) is 27.9 Å². The zero-order chi connectivity index (χ0) is 20.0. The molecule has 2 amide bonds. The van der Waals surface area contributed by atoms with Gasteiger partial charge in [0.2, 0.25) is 0 Å². The van der Waals surface area contributed by atoms with E-state index in [0.29, 0.717) is 39.4 Å². The molecule has 1 aromatic heterocycles. The molecule has 0 saturated heterocycles. The Morgan fingerprint density at radius 3 is 2.93 bits per heavy atom. The van der Waals surface area contributed by atoms with Gasteiger partial charge in [0.05, 0.1) is 28.6 Å². The number of hydrogen-bond donors (Lipinski definition) is 1. The summed E-state index contributed by atoms with van der Waals surface area (Å²) in [6, 6.07) is 8.17. The van der Waals surface area contributed by atoms with E-state index in [-0.39, 0.29) is 17.4 Å². The lowest BCUT2D eigenvalue weighted by Gasteiger charge is -2.37. The number of carbonyl (C=O) groups is 2. The van der Waals surface area contributed by atoms with Crippen LogP contribution in [0.25, 0.3) is 0 Å². The molecule has 0 aliphatic carbocycles. The first kappa shape index (κ1) is 18.1. The minimum absolute atomic E-state index is 0.211. The van der Waals surface area contributed by atoms with Crippen molar-refractivity contribution in [3.63, 3.8) is 0 Å². The smallest absolute Gasteiger partial charge is 0.257 e. The highest BCUT2D eigenvalue weighted by atomic mass is 79.9. The number of aryl methyl sites for hydroxylation is 1. The first-order valence-corrected chi connectivity index (χ1v) is 9.33. The molecule has 1 atom stereocenters. The van der Waals surface area contributed by atoms with Gasteiger partial charge in [-0.25, -0.2) is 9.99 Å². The average molecular weight is 439 g/mol. The molecule has 2 aliphatic heterocycles. The monoisotopic (exact) mass is 438 g/mol. The van der Waals surface area contributed by atoms with E-state index < -0.39 is 6.04 Å². The number of rotatable bonds is 2. The van der Waals surface area contributed by atoms with Gasteiger partial charge in [0, 0.05) is 19.7 Å². The molecule has 0 bridgehead atoms. The highest BCUT2D eigenvalue weighted by molar-refractivity contribution is 9.18. The number of fused-ring (bicyclic) bond motifs is 3.